The van der Waals surface area contributed by atoms with Crippen LogP contribution in [-0.2, 0) is 0 Å². The molecule has 0 atom stereocenters. The first-order valence-electron chi connectivity index (χ1n) is 5.61. The van der Waals surface area contributed by atoms with Gasteiger partial charge < -0.3 is 9.47 Å². The Morgan fingerprint density at radius 1 is 1.44 bits per heavy atom. The fourth-order valence-electron chi connectivity index (χ4n) is 1.62. The Kier molecular flexibility index (Phi) is 3.75. The summed E-state index contributed by atoms with van der Waals surface area (Å²) in [6, 6.07) is 4.37. The Balaban J connectivity index is 2.14. The van der Waals surface area contributed by atoms with Gasteiger partial charge in [0.15, 0.2) is 11.5 Å². The average Bonchev–Trinajstić information content (AvgIpc) is 3.16. The van der Waals surface area contributed by atoms with Crippen molar-refractivity contribution in [1.29, 1.82) is 0 Å². The molecular formula is C12H14BrNO4. The van der Waals surface area contributed by atoms with Crippen molar-refractivity contribution in [2.75, 3.05) is 19.0 Å². The van der Waals surface area contributed by atoms with Crippen LogP contribution in [0.5, 0.6) is 11.5 Å². The lowest BCUT2D eigenvalue weighted by Gasteiger charge is -2.15. The molecule has 2 rings (SSSR count). The van der Waals surface area contributed by atoms with Crippen LogP contribution >= 0.6 is 15.9 Å². The van der Waals surface area contributed by atoms with Gasteiger partial charge in [0.25, 0.3) is 5.69 Å². The van der Waals surface area contributed by atoms with E-state index in [-0.39, 0.29) is 11.1 Å². The second-order valence-corrected chi connectivity index (χ2v) is 5.08. The molecule has 6 heteroatoms. The summed E-state index contributed by atoms with van der Waals surface area (Å²) in [5, 5.41) is 11.6. The van der Waals surface area contributed by atoms with Crippen LogP contribution in [0.15, 0.2) is 18.2 Å². The number of alkyl halides is 1. The maximum Gasteiger partial charge on any atom is 0.273 e. The molecule has 1 aromatic rings. The van der Waals surface area contributed by atoms with E-state index in [4.69, 9.17) is 9.47 Å². The lowest BCUT2D eigenvalue weighted by atomic mass is 10.2. The number of non-ortho nitro benzene ring substituents is 1. The summed E-state index contributed by atoms with van der Waals surface area (Å²) in [6.07, 6.45) is 2.24. The highest BCUT2D eigenvalue weighted by Gasteiger charge is 2.42. The van der Waals surface area contributed by atoms with Crippen LogP contribution in [0.4, 0.5) is 5.69 Å². The molecule has 98 valence electrons. The Hall–Kier alpha value is -1.30. The molecule has 0 unspecified atom stereocenters. The minimum absolute atomic E-state index is 0.00879. The largest absolute Gasteiger partial charge is 0.493 e. The van der Waals surface area contributed by atoms with Crippen molar-refractivity contribution < 1.29 is 14.4 Å². The maximum atomic E-state index is 10.7. The highest BCUT2D eigenvalue weighted by Crippen LogP contribution is 2.47. The molecule has 0 bridgehead atoms. The maximum absolute atomic E-state index is 10.7. The molecule has 0 amide bonds. The second kappa shape index (κ2) is 5.14. The summed E-state index contributed by atoms with van der Waals surface area (Å²) >= 11 is 3.46. The van der Waals surface area contributed by atoms with Gasteiger partial charge in [-0.1, -0.05) is 15.9 Å². The van der Waals surface area contributed by atoms with E-state index in [1.807, 2.05) is 0 Å². The predicted octanol–water partition coefficient (Wildman–Crippen LogP) is 3.16. The molecule has 0 radical (unpaired) electrons. The molecule has 5 nitrogen and oxygen atoms in total. The van der Waals surface area contributed by atoms with Crippen molar-refractivity contribution in [3.8, 4) is 11.5 Å². The van der Waals surface area contributed by atoms with Crippen molar-refractivity contribution >= 4 is 21.6 Å². The normalized spacial score (nSPS) is 16.1. The van der Waals surface area contributed by atoms with Crippen LogP contribution in [0.25, 0.3) is 0 Å². The Labute approximate surface area is 113 Å². The quantitative estimate of drug-likeness (QED) is 0.459. The number of ether oxygens (including phenoxy) is 2. The van der Waals surface area contributed by atoms with E-state index in [1.165, 1.54) is 19.2 Å². The number of methoxy groups -OCH3 is 1. The molecule has 0 N–H and O–H groups in total. The average molecular weight is 316 g/mol. The summed E-state index contributed by atoms with van der Waals surface area (Å²) in [4.78, 5) is 10.3. The van der Waals surface area contributed by atoms with Crippen LogP contribution < -0.4 is 9.47 Å². The van der Waals surface area contributed by atoms with E-state index in [0.717, 1.165) is 18.2 Å². The molecule has 0 aromatic heterocycles. The van der Waals surface area contributed by atoms with Crippen molar-refractivity contribution in [3.63, 3.8) is 0 Å². The fourth-order valence-corrected chi connectivity index (χ4v) is 2.34. The fraction of sp³-hybridized carbons (Fsp3) is 0.500. The van der Waals surface area contributed by atoms with Crippen LogP contribution in [0, 0.1) is 15.5 Å². The molecule has 0 spiro atoms. The smallest absolute Gasteiger partial charge is 0.273 e. The predicted molar refractivity (Wildman–Crippen MR) is 70.6 cm³/mol. The van der Waals surface area contributed by atoms with Gasteiger partial charge in [-0.15, -0.1) is 0 Å². The van der Waals surface area contributed by atoms with E-state index in [9.17, 15) is 10.1 Å². The molecule has 1 fully saturated rings. The first kappa shape index (κ1) is 13.1. The third kappa shape index (κ3) is 2.75. The summed E-state index contributed by atoms with van der Waals surface area (Å²) in [5.41, 5.74) is 0.199. The second-order valence-electron chi connectivity index (χ2n) is 4.51. The van der Waals surface area contributed by atoms with Crippen LogP contribution in [0.3, 0.4) is 0 Å². The zero-order valence-electron chi connectivity index (χ0n) is 10.0. The summed E-state index contributed by atoms with van der Waals surface area (Å²) in [6.45, 7) is 0.551. The lowest BCUT2D eigenvalue weighted by molar-refractivity contribution is -0.385. The number of nitro groups is 1. The first-order chi connectivity index (χ1) is 8.60. The number of benzene rings is 1. The molecule has 1 aliphatic carbocycles. The Morgan fingerprint density at radius 2 is 2.17 bits per heavy atom. The number of halogens is 1. The first-order valence-corrected chi connectivity index (χ1v) is 6.73. The molecular weight excluding hydrogens is 302 g/mol. The van der Waals surface area contributed by atoms with Gasteiger partial charge in [-0.25, -0.2) is 0 Å². The van der Waals surface area contributed by atoms with Crippen LogP contribution in [0.2, 0.25) is 0 Å². The molecule has 1 aromatic carbocycles. The number of hydrogen-bond acceptors (Lipinski definition) is 4. The molecule has 18 heavy (non-hydrogen) atoms. The number of nitro benzene ring substituents is 1. The van der Waals surface area contributed by atoms with E-state index >= 15 is 0 Å². The molecule has 0 heterocycles. The zero-order valence-corrected chi connectivity index (χ0v) is 11.6. The standard InChI is InChI=1S/C12H14BrNO4/c1-17-10-3-2-9(14(15)16)6-11(10)18-8-12(7-13)4-5-12/h2-3,6H,4-5,7-8H2,1H3. The van der Waals surface area contributed by atoms with Gasteiger partial charge >= 0.3 is 0 Å². The van der Waals surface area contributed by atoms with E-state index in [0.29, 0.717) is 18.1 Å². The van der Waals surface area contributed by atoms with E-state index in [2.05, 4.69) is 15.9 Å². The van der Waals surface area contributed by atoms with Crippen molar-refractivity contribution in [3.05, 3.63) is 28.3 Å². The topological polar surface area (TPSA) is 61.6 Å². The summed E-state index contributed by atoms with van der Waals surface area (Å²) in [7, 11) is 1.52. The van der Waals surface area contributed by atoms with Gasteiger partial charge in [0.05, 0.1) is 24.7 Å². The SMILES string of the molecule is COc1ccc([N+](=O)[O-])cc1OCC1(CBr)CC1. The minimum Gasteiger partial charge on any atom is -0.493 e. The van der Waals surface area contributed by atoms with E-state index in [1.54, 1.807) is 6.07 Å². The van der Waals surface area contributed by atoms with Crippen molar-refractivity contribution in [2.45, 2.75) is 12.8 Å². The van der Waals surface area contributed by atoms with Crippen molar-refractivity contribution in [1.82, 2.24) is 0 Å². The highest BCUT2D eigenvalue weighted by atomic mass is 79.9. The number of rotatable bonds is 6. The third-order valence-corrected chi connectivity index (χ3v) is 4.32. The molecule has 1 aliphatic rings. The van der Waals surface area contributed by atoms with Gasteiger partial charge in [0.2, 0.25) is 0 Å². The van der Waals surface area contributed by atoms with Crippen LogP contribution in [0.1, 0.15) is 12.8 Å². The minimum atomic E-state index is -0.441. The van der Waals surface area contributed by atoms with Gasteiger partial charge in [0, 0.05) is 16.8 Å². The monoisotopic (exact) mass is 315 g/mol. The molecule has 0 saturated heterocycles. The van der Waals surface area contributed by atoms with E-state index < -0.39 is 4.92 Å². The highest BCUT2D eigenvalue weighted by molar-refractivity contribution is 9.09. The van der Waals surface area contributed by atoms with Gasteiger partial charge in [-0.05, 0) is 18.9 Å². The Bertz CT molecular complexity index is 459. The third-order valence-electron chi connectivity index (χ3n) is 3.13. The van der Waals surface area contributed by atoms with Gasteiger partial charge in [-0.2, -0.15) is 0 Å². The molecule has 1 saturated carbocycles. The van der Waals surface area contributed by atoms with Gasteiger partial charge in [-0.3, -0.25) is 10.1 Å². The Morgan fingerprint density at radius 3 is 2.67 bits per heavy atom. The molecule has 0 aliphatic heterocycles. The number of nitrogens with zero attached hydrogens (tertiary/aromatic N) is 1. The van der Waals surface area contributed by atoms with Gasteiger partial charge in [0.1, 0.15) is 0 Å². The van der Waals surface area contributed by atoms with Crippen LogP contribution in [-0.4, -0.2) is 24.0 Å². The zero-order chi connectivity index (χ0) is 13.2. The summed E-state index contributed by atoms with van der Waals surface area (Å²) in [5.74, 6) is 0.949. The summed E-state index contributed by atoms with van der Waals surface area (Å²) < 4.78 is 10.8. The lowest BCUT2D eigenvalue weighted by Crippen LogP contribution is -2.14. The number of hydrogen-bond donors (Lipinski definition) is 0. The van der Waals surface area contributed by atoms with Crippen molar-refractivity contribution in [2.24, 2.45) is 5.41 Å².